The zero-order chi connectivity index (χ0) is 25.1. The van der Waals surface area contributed by atoms with Crippen molar-refractivity contribution in [3.05, 3.63) is 101 Å². The summed E-state index contributed by atoms with van der Waals surface area (Å²) in [4.78, 5) is 44.4. The highest BCUT2D eigenvalue weighted by atomic mass is 19.1. The minimum Gasteiger partial charge on any atom is -0.507 e. The van der Waals surface area contributed by atoms with Gasteiger partial charge in [0.05, 0.1) is 23.4 Å². The summed E-state index contributed by atoms with van der Waals surface area (Å²) in [5.41, 5.74) is 1.11. The molecule has 0 aliphatic carbocycles. The molecule has 7 nitrogen and oxygen atoms in total. The Morgan fingerprint density at radius 2 is 1.89 bits per heavy atom. The lowest BCUT2D eigenvalue weighted by Crippen LogP contribution is -2.30. The summed E-state index contributed by atoms with van der Waals surface area (Å²) >= 11 is 0. The van der Waals surface area contributed by atoms with Crippen LogP contribution >= 0.6 is 0 Å². The molecule has 2 heterocycles. The van der Waals surface area contributed by atoms with Gasteiger partial charge in [0.25, 0.3) is 11.7 Å². The summed E-state index contributed by atoms with van der Waals surface area (Å²) < 4.78 is 19.0. The molecule has 0 spiro atoms. The number of anilines is 1. The molecule has 1 aromatic heterocycles. The standard InChI is InChI=1S/C27H23FN2O5/c1-3-13-35-27(34)18-7-6-8-19(15-18)30-23(21-9-4-5-12-29-21)22(25(32)26(30)33)24(31)17-10-11-20(28)16(2)14-17/h4-12,14-15,23,31H,3,13H2,1-2H3/b24-22+. The summed E-state index contributed by atoms with van der Waals surface area (Å²) in [5.74, 6) is -3.26. The monoisotopic (exact) mass is 474 g/mol. The predicted molar refractivity (Wildman–Crippen MR) is 127 cm³/mol. The Kier molecular flexibility index (Phi) is 6.73. The van der Waals surface area contributed by atoms with E-state index < -0.39 is 35.3 Å². The molecule has 1 saturated heterocycles. The number of carbonyl (C=O) groups excluding carboxylic acids is 3. The van der Waals surface area contributed by atoms with E-state index in [-0.39, 0.29) is 34.6 Å². The summed E-state index contributed by atoms with van der Waals surface area (Å²) in [6.07, 6.45) is 2.17. The van der Waals surface area contributed by atoms with Gasteiger partial charge in [-0.25, -0.2) is 9.18 Å². The molecule has 178 valence electrons. The smallest absolute Gasteiger partial charge is 0.338 e. The number of Topliss-reactive ketones (excluding diaryl/α,β-unsaturated/α-hetero) is 1. The second-order valence-corrected chi connectivity index (χ2v) is 8.07. The Hall–Kier alpha value is -4.33. The molecule has 1 aliphatic rings. The molecule has 1 aliphatic heterocycles. The van der Waals surface area contributed by atoms with Crippen LogP contribution in [0.2, 0.25) is 0 Å². The fourth-order valence-electron chi connectivity index (χ4n) is 3.92. The van der Waals surface area contributed by atoms with Crippen LogP contribution in [0, 0.1) is 12.7 Å². The van der Waals surface area contributed by atoms with Crippen LogP contribution < -0.4 is 4.90 Å². The van der Waals surface area contributed by atoms with Gasteiger partial charge in [0.2, 0.25) is 0 Å². The van der Waals surface area contributed by atoms with E-state index in [0.29, 0.717) is 12.1 Å². The molecule has 0 bridgehead atoms. The van der Waals surface area contributed by atoms with Gasteiger partial charge in [-0.3, -0.25) is 19.5 Å². The van der Waals surface area contributed by atoms with Crippen molar-refractivity contribution < 1.29 is 28.6 Å². The number of aliphatic hydroxyl groups excluding tert-OH is 1. The van der Waals surface area contributed by atoms with Crippen LogP contribution in [-0.2, 0) is 14.3 Å². The van der Waals surface area contributed by atoms with Crippen LogP contribution in [0.3, 0.4) is 0 Å². The Morgan fingerprint density at radius 3 is 2.57 bits per heavy atom. The van der Waals surface area contributed by atoms with Crippen molar-refractivity contribution in [1.29, 1.82) is 0 Å². The van der Waals surface area contributed by atoms with Gasteiger partial charge in [0, 0.05) is 17.4 Å². The van der Waals surface area contributed by atoms with Gasteiger partial charge in [-0.05, 0) is 67.4 Å². The van der Waals surface area contributed by atoms with Crippen molar-refractivity contribution in [3.63, 3.8) is 0 Å². The number of hydrogen-bond donors (Lipinski definition) is 1. The third kappa shape index (κ3) is 4.55. The minimum atomic E-state index is -1.07. The molecule has 1 atom stereocenters. The zero-order valence-electron chi connectivity index (χ0n) is 19.2. The first kappa shape index (κ1) is 23.8. The quantitative estimate of drug-likeness (QED) is 0.240. The van der Waals surface area contributed by atoms with Crippen LogP contribution in [0.25, 0.3) is 5.76 Å². The van der Waals surface area contributed by atoms with Gasteiger partial charge in [-0.15, -0.1) is 0 Å². The molecule has 1 fully saturated rings. The Morgan fingerprint density at radius 1 is 1.09 bits per heavy atom. The number of aromatic nitrogens is 1. The van der Waals surface area contributed by atoms with E-state index in [4.69, 9.17) is 4.74 Å². The minimum absolute atomic E-state index is 0.182. The first-order chi connectivity index (χ1) is 16.8. The maximum absolute atomic E-state index is 13.8. The number of aliphatic hydroxyl groups is 1. The SMILES string of the molecule is CCCOC(=O)c1cccc(N2C(=O)C(=O)/C(=C(/O)c3ccc(F)c(C)c3)C2c2ccccn2)c1. The average Bonchev–Trinajstić information content (AvgIpc) is 3.14. The lowest BCUT2D eigenvalue weighted by Gasteiger charge is -2.25. The first-order valence-electron chi connectivity index (χ1n) is 11.1. The number of amides is 1. The summed E-state index contributed by atoms with van der Waals surface area (Å²) in [5, 5.41) is 11.1. The lowest BCUT2D eigenvalue weighted by molar-refractivity contribution is -0.132. The van der Waals surface area contributed by atoms with Gasteiger partial charge < -0.3 is 9.84 Å². The number of ketones is 1. The highest BCUT2D eigenvalue weighted by molar-refractivity contribution is 6.51. The van der Waals surface area contributed by atoms with Crippen molar-refractivity contribution in [2.24, 2.45) is 0 Å². The lowest BCUT2D eigenvalue weighted by atomic mass is 9.97. The molecule has 4 rings (SSSR count). The second kappa shape index (κ2) is 9.89. The van der Waals surface area contributed by atoms with Gasteiger partial charge in [-0.2, -0.15) is 0 Å². The third-order valence-corrected chi connectivity index (χ3v) is 5.64. The molecule has 8 heteroatoms. The number of rotatable bonds is 6. The van der Waals surface area contributed by atoms with E-state index in [1.165, 1.54) is 42.3 Å². The topological polar surface area (TPSA) is 96.8 Å². The number of aryl methyl sites for hydroxylation is 1. The zero-order valence-corrected chi connectivity index (χ0v) is 19.2. The van der Waals surface area contributed by atoms with Crippen molar-refractivity contribution in [2.45, 2.75) is 26.3 Å². The normalized spacial score (nSPS) is 17.0. The van der Waals surface area contributed by atoms with E-state index in [1.807, 2.05) is 6.92 Å². The van der Waals surface area contributed by atoms with E-state index in [1.54, 1.807) is 36.4 Å². The number of esters is 1. The van der Waals surface area contributed by atoms with E-state index in [9.17, 15) is 23.9 Å². The summed E-state index contributed by atoms with van der Waals surface area (Å²) in [6.45, 7) is 3.65. The third-order valence-electron chi connectivity index (χ3n) is 5.64. The van der Waals surface area contributed by atoms with Gasteiger partial charge >= 0.3 is 5.97 Å². The number of halogens is 1. The molecule has 1 unspecified atom stereocenters. The Balaban J connectivity index is 1.87. The van der Waals surface area contributed by atoms with Crippen molar-refractivity contribution in [1.82, 2.24) is 4.98 Å². The van der Waals surface area contributed by atoms with Crippen molar-refractivity contribution >= 4 is 29.1 Å². The highest BCUT2D eigenvalue weighted by Gasteiger charge is 2.47. The fourth-order valence-corrected chi connectivity index (χ4v) is 3.92. The number of pyridine rings is 1. The van der Waals surface area contributed by atoms with E-state index >= 15 is 0 Å². The second-order valence-electron chi connectivity index (χ2n) is 8.07. The van der Waals surface area contributed by atoms with Crippen LogP contribution in [0.4, 0.5) is 10.1 Å². The predicted octanol–water partition coefficient (Wildman–Crippen LogP) is 4.72. The number of benzene rings is 2. The van der Waals surface area contributed by atoms with Crippen LogP contribution in [0.1, 0.15) is 46.6 Å². The van der Waals surface area contributed by atoms with Gasteiger partial charge in [0.15, 0.2) is 0 Å². The van der Waals surface area contributed by atoms with E-state index in [0.717, 1.165) is 0 Å². The number of carbonyl (C=O) groups is 3. The van der Waals surface area contributed by atoms with Crippen LogP contribution in [0.5, 0.6) is 0 Å². The molecule has 1 N–H and O–H groups in total. The first-order valence-corrected chi connectivity index (χ1v) is 11.1. The van der Waals surface area contributed by atoms with Crippen molar-refractivity contribution in [3.8, 4) is 0 Å². The molecular weight excluding hydrogens is 451 g/mol. The molecule has 0 saturated carbocycles. The Labute approximate surface area is 201 Å². The molecule has 1 amide bonds. The molecule has 2 aromatic carbocycles. The van der Waals surface area contributed by atoms with Crippen LogP contribution in [0.15, 0.2) is 72.4 Å². The Bertz CT molecular complexity index is 1340. The average molecular weight is 474 g/mol. The molecule has 35 heavy (non-hydrogen) atoms. The number of nitrogens with zero attached hydrogens (tertiary/aromatic N) is 2. The maximum atomic E-state index is 13.8. The van der Waals surface area contributed by atoms with Gasteiger partial charge in [-0.1, -0.05) is 19.1 Å². The highest BCUT2D eigenvalue weighted by Crippen LogP contribution is 2.41. The molecule has 0 radical (unpaired) electrons. The van der Waals surface area contributed by atoms with Crippen molar-refractivity contribution in [2.75, 3.05) is 11.5 Å². The fraction of sp³-hybridized carbons (Fsp3) is 0.185. The molecule has 3 aromatic rings. The molecular formula is C27H23FN2O5. The van der Waals surface area contributed by atoms with E-state index in [2.05, 4.69) is 4.98 Å². The van der Waals surface area contributed by atoms with Gasteiger partial charge in [0.1, 0.15) is 17.6 Å². The largest absolute Gasteiger partial charge is 0.507 e. The number of ether oxygens (including phenoxy) is 1. The number of hydrogen-bond acceptors (Lipinski definition) is 6. The maximum Gasteiger partial charge on any atom is 0.338 e. The van der Waals surface area contributed by atoms with Crippen LogP contribution in [-0.4, -0.2) is 34.4 Å². The summed E-state index contributed by atoms with van der Waals surface area (Å²) in [7, 11) is 0. The summed E-state index contributed by atoms with van der Waals surface area (Å²) in [6, 6.07) is 14.0.